The molecule has 0 aliphatic carbocycles. The molecule has 106 valence electrons. The topological polar surface area (TPSA) is 47.0 Å². The molecule has 1 aromatic carbocycles. The molecular formula is C12H9F3IN3O. The van der Waals surface area contributed by atoms with Crippen molar-refractivity contribution >= 4 is 28.4 Å². The number of para-hydroxylation sites is 1. The average molecular weight is 395 g/mol. The second kappa shape index (κ2) is 5.81. The Labute approximate surface area is 126 Å². The van der Waals surface area contributed by atoms with Crippen molar-refractivity contribution in [2.75, 3.05) is 12.4 Å². The molecule has 8 heteroatoms. The van der Waals surface area contributed by atoms with Crippen molar-refractivity contribution in [3.63, 3.8) is 0 Å². The highest BCUT2D eigenvalue weighted by molar-refractivity contribution is 14.1. The van der Waals surface area contributed by atoms with Gasteiger partial charge in [-0.1, -0.05) is 12.1 Å². The van der Waals surface area contributed by atoms with Crippen LogP contribution in [0.4, 0.5) is 19.0 Å². The summed E-state index contributed by atoms with van der Waals surface area (Å²) in [5.74, 6) is -0.943. The maximum absolute atomic E-state index is 12.7. The highest BCUT2D eigenvalue weighted by Gasteiger charge is 2.35. The molecule has 0 bridgehead atoms. The van der Waals surface area contributed by atoms with Gasteiger partial charge in [-0.05, 0) is 34.7 Å². The summed E-state index contributed by atoms with van der Waals surface area (Å²) >= 11 is 2.02. The average Bonchev–Trinajstić information content (AvgIpc) is 2.40. The van der Waals surface area contributed by atoms with Gasteiger partial charge in [0.05, 0.1) is 3.57 Å². The molecule has 0 fully saturated rings. The number of hydrogen-bond acceptors (Lipinski definition) is 4. The van der Waals surface area contributed by atoms with Crippen LogP contribution in [0.15, 0.2) is 30.3 Å². The van der Waals surface area contributed by atoms with E-state index < -0.39 is 12.0 Å². The number of anilines is 1. The molecule has 0 aliphatic heterocycles. The number of aromatic nitrogens is 2. The Bertz CT molecular complexity index is 619. The van der Waals surface area contributed by atoms with Crippen molar-refractivity contribution in [1.82, 2.24) is 9.97 Å². The summed E-state index contributed by atoms with van der Waals surface area (Å²) in [7, 11) is 1.47. The molecular weight excluding hydrogens is 386 g/mol. The van der Waals surface area contributed by atoms with Crippen LogP contribution in [0.5, 0.6) is 11.6 Å². The fraction of sp³-hybridized carbons (Fsp3) is 0.167. The third-order valence-corrected chi connectivity index (χ3v) is 3.15. The third kappa shape index (κ3) is 3.50. The van der Waals surface area contributed by atoms with E-state index in [1.165, 1.54) is 13.1 Å². The quantitative estimate of drug-likeness (QED) is 0.801. The van der Waals surface area contributed by atoms with Crippen LogP contribution in [0.2, 0.25) is 0 Å². The molecule has 2 aromatic rings. The van der Waals surface area contributed by atoms with Crippen molar-refractivity contribution in [3.05, 3.63) is 39.7 Å². The summed E-state index contributed by atoms with van der Waals surface area (Å²) in [6.07, 6.45) is -4.63. The lowest BCUT2D eigenvalue weighted by Crippen LogP contribution is -2.13. The molecule has 1 N–H and O–H groups in total. The van der Waals surface area contributed by atoms with Crippen LogP contribution in [0.1, 0.15) is 5.82 Å². The normalized spacial score (nSPS) is 11.2. The lowest BCUT2D eigenvalue weighted by Gasteiger charge is -2.11. The van der Waals surface area contributed by atoms with Gasteiger partial charge >= 0.3 is 6.18 Å². The van der Waals surface area contributed by atoms with Crippen LogP contribution < -0.4 is 10.1 Å². The largest absolute Gasteiger partial charge is 0.451 e. The van der Waals surface area contributed by atoms with Gasteiger partial charge in [0, 0.05) is 13.1 Å². The monoisotopic (exact) mass is 395 g/mol. The second-order valence-electron chi connectivity index (χ2n) is 3.70. The van der Waals surface area contributed by atoms with Gasteiger partial charge in [0.2, 0.25) is 11.7 Å². The smallest absolute Gasteiger partial charge is 0.438 e. The Kier molecular flexibility index (Phi) is 4.31. The van der Waals surface area contributed by atoms with Crippen LogP contribution in [0.25, 0.3) is 0 Å². The van der Waals surface area contributed by atoms with Gasteiger partial charge in [-0.2, -0.15) is 18.2 Å². The third-order valence-electron chi connectivity index (χ3n) is 2.26. The molecule has 0 atom stereocenters. The highest BCUT2D eigenvalue weighted by Crippen LogP contribution is 2.31. The van der Waals surface area contributed by atoms with Gasteiger partial charge in [-0.15, -0.1) is 0 Å². The van der Waals surface area contributed by atoms with E-state index in [1.807, 2.05) is 22.6 Å². The van der Waals surface area contributed by atoms with E-state index in [1.54, 1.807) is 24.3 Å². The number of nitrogens with zero attached hydrogens (tertiary/aromatic N) is 2. The zero-order valence-electron chi connectivity index (χ0n) is 10.2. The van der Waals surface area contributed by atoms with Crippen LogP contribution in [-0.2, 0) is 6.18 Å². The van der Waals surface area contributed by atoms with Crippen LogP contribution in [0, 0.1) is 3.57 Å². The van der Waals surface area contributed by atoms with Crippen molar-refractivity contribution in [2.45, 2.75) is 6.18 Å². The Morgan fingerprint density at radius 3 is 2.50 bits per heavy atom. The molecule has 0 saturated heterocycles. The number of halogens is 4. The molecule has 1 aromatic heterocycles. The molecule has 2 rings (SSSR count). The second-order valence-corrected chi connectivity index (χ2v) is 4.86. The first-order valence-corrected chi connectivity index (χ1v) is 6.54. The lowest BCUT2D eigenvalue weighted by atomic mass is 10.3. The first-order chi connectivity index (χ1) is 9.40. The first kappa shape index (κ1) is 14.8. The Morgan fingerprint density at radius 2 is 1.90 bits per heavy atom. The molecule has 0 aliphatic rings. The van der Waals surface area contributed by atoms with E-state index in [0.29, 0.717) is 5.75 Å². The molecule has 0 radical (unpaired) electrons. The predicted octanol–water partition coefficient (Wildman–Crippen LogP) is 3.93. The van der Waals surface area contributed by atoms with Gasteiger partial charge < -0.3 is 10.1 Å². The summed E-state index contributed by atoms with van der Waals surface area (Å²) in [5, 5.41) is 2.55. The Balaban J connectivity index is 2.39. The van der Waals surface area contributed by atoms with Crippen molar-refractivity contribution in [1.29, 1.82) is 0 Å². The first-order valence-electron chi connectivity index (χ1n) is 5.46. The van der Waals surface area contributed by atoms with Crippen LogP contribution in [-0.4, -0.2) is 17.0 Å². The van der Waals surface area contributed by atoms with E-state index in [4.69, 9.17) is 4.74 Å². The van der Waals surface area contributed by atoms with Crippen molar-refractivity contribution < 1.29 is 17.9 Å². The standard InChI is InChI=1S/C12H9F3IN3O/c1-17-9-6-10(19-11(18-9)12(13,14)15)20-8-5-3-2-4-7(8)16/h2-6H,1H3,(H,17,18,19). The summed E-state index contributed by atoms with van der Waals surface area (Å²) in [6.45, 7) is 0. The predicted molar refractivity (Wildman–Crippen MR) is 75.8 cm³/mol. The minimum Gasteiger partial charge on any atom is -0.438 e. The molecule has 1 heterocycles. The van der Waals surface area contributed by atoms with Gasteiger partial charge in [-0.3, -0.25) is 0 Å². The van der Waals surface area contributed by atoms with Crippen LogP contribution in [0.3, 0.4) is 0 Å². The SMILES string of the molecule is CNc1cc(Oc2ccccc2I)nc(C(F)(F)F)n1. The molecule has 0 saturated carbocycles. The molecule has 20 heavy (non-hydrogen) atoms. The van der Waals surface area contributed by atoms with E-state index in [2.05, 4.69) is 15.3 Å². The highest BCUT2D eigenvalue weighted by atomic mass is 127. The number of ether oxygens (including phenoxy) is 1. The molecule has 0 unspecified atom stereocenters. The van der Waals surface area contributed by atoms with Gasteiger partial charge in [0.15, 0.2) is 0 Å². The van der Waals surface area contributed by atoms with Crippen molar-refractivity contribution in [2.24, 2.45) is 0 Å². The maximum Gasteiger partial charge on any atom is 0.451 e. The Morgan fingerprint density at radius 1 is 1.20 bits per heavy atom. The van der Waals surface area contributed by atoms with E-state index in [0.717, 1.165) is 3.57 Å². The summed E-state index contributed by atoms with van der Waals surface area (Å²) in [5.41, 5.74) is 0. The summed E-state index contributed by atoms with van der Waals surface area (Å²) in [6, 6.07) is 8.26. The minimum absolute atomic E-state index is 0.0354. The number of nitrogens with one attached hydrogen (secondary N) is 1. The van der Waals surface area contributed by atoms with Gasteiger partial charge in [0.1, 0.15) is 11.6 Å². The zero-order valence-corrected chi connectivity index (χ0v) is 12.4. The number of rotatable bonds is 3. The fourth-order valence-corrected chi connectivity index (χ4v) is 1.87. The lowest BCUT2D eigenvalue weighted by molar-refractivity contribution is -0.145. The van der Waals surface area contributed by atoms with E-state index in [-0.39, 0.29) is 11.7 Å². The number of alkyl halides is 3. The van der Waals surface area contributed by atoms with Gasteiger partial charge in [0.25, 0.3) is 0 Å². The molecule has 0 amide bonds. The van der Waals surface area contributed by atoms with Crippen LogP contribution >= 0.6 is 22.6 Å². The fourth-order valence-electron chi connectivity index (χ4n) is 1.37. The molecule has 0 spiro atoms. The zero-order chi connectivity index (χ0) is 14.8. The maximum atomic E-state index is 12.7. The number of benzene rings is 1. The van der Waals surface area contributed by atoms with E-state index >= 15 is 0 Å². The molecule has 4 nitrogen and oxygen atoms in total. The summed E-state index contributed by atoms with van der Waals surface area (Å²) in [4.78, 5) is 6.75. The number of hydrogen-bond donors (Lipinski definition) is 1. The van der Waals surface area contributed by atoms with Crippen molar-refractivity contribution in [3.8, 4) is 11.6 Å². The van der Waals surface area contributed by atoms with E-state index in [9.17, 15) is 13.2 Å². The van der Waals surface area contributed by atoms with Gasteiger partial charge in [-0.25, -0.2) is 4.98 Å². The summed E-state index contributed by atoms with van der Waals surface area (Å²) < 4.78 is 44.2. The Hall–Kier alpha value is -1.58. The minimum atomic E-state index is -4.63.